The van der Waals surface area contributed by atoms with E-state index in [4.69, 9.17) is 0 Å². The van der Waals surface area contributed by atoms with Gasteiger partial charge < -0.3 is 0 Å². The maximum atomic E-state index is 13.8. The van der Waals surface area contributed by atoms with Crippen molar-refractivity contribution in [1.29, 1.82) is 5.26 Å². The second-order valence-corrected chi connectivity index (χ2v) is 9.89. The van der Waals surface area contributed by atoms with Crippen molar-refractivity contribution in [3.63, 3.8) is 0 Å². The molecule has 2 heterocycles. The van der Waals surface area contributed by atoms with Crippen LogP contribution < -0.4 is 0 Å². The quantitative estimate of drug-likeness (QED) is 0.691. The van der Waals surface area contributed by atoms with Gasteiger partial charge in [0, 0.05) is 37.1 Å². The van der Waals surface area contributed by atoms with Crippen LogP contribution in [0, 0.1) is 46.6 Å². The van der Waals surface area contributed by atoms with Crippen LogP contribution >= 0.6 is 0 Å². The second-order valence-electron chi connectivity index (χ2n) is 9.89. The molecule has 1 amide bonds. The fourth-order valence-corrected chi connectivity index (χ4v) is 5.81. The zero-order valence-corrected chi connectivity index (χ0v) is 18.1. The first-order valence-electron chi connectivity index (χ1n) is 11.7. The van der Waals surface area contributed by atoms with Crippen molar-refractivity contribution in [2.45, 2.75) is 57.0 Å². The average molecular weight is 450 g/mol. The highest BCUT2D eigenvalue weighted by atomic mass is 19.1. The fourth-order valence-electron chi connectivity index (χ4n) is 5.81. The summed E-state index contributed by atoms with van der Waals surface area (Å²) in [5, 5.41) is 19.8. The number of nitriles is 1. The smallest absolute Gasteiger partial charge is 0.246 e. The highest BCUT2D eigenvalue weighted by Crippen LogP contribution is 2.53. The minimum atomic E-state index is -0.657. The molecular formula is C24H24F2N6O. The molecule has 4 aliphatic carbocycles. The zero-order valence-electron chi connectivity index (χ0n) is 18.1. The Hall–Kier alpha value is -3.15. The first kappa shape index (κ1) is 20.5. The van der Waals surface area contributed by atoms with Crippen LogP contribution in [0.3, 0.4) is 0 Å². The lowest BCUT2D eigenvalue weighted by molar-refractivity contribution is -0.147. The molecule has 3 atom stereocenters. The fraction of sp³-hybridized carbons (Fsp3) is 0.542. The van der Waals surface area contributed by atoms with Crippen LogP contribution in [-0.4, -0.2) is 31.9 Å². The zero-order chi connectivity index (χ0) is 22.7. The van der Waals surface area contributed by atoms with Crippen molar-refractivity contribution in [3.05, 3.63) is 47.0 Å². The summed E-state index contributed by atoms with van der Waals surface area (Å²) in [5.74, 6) is 0.980. The van der Waals surface area contributed by atoms with Gasteiger partial charge >= 0.3 is 0 Å². The number of rotatable bonds is 5. The maximum Gasteiger partial charge on any atom is 0.246 e. The van der Waals surface area contributed by atoms with E-state index in [1.807, 2.05) is 0 Å². The number of halogens is 2. The third-order valence-corrected chi connectivity index (χ3v) is 7.78. The molecule has 1 aliphatic heterocycles. The summed E-state index contributed by atoms with van der Waals surface area (Å²) in [7, 11) is 0. The van der Waals surface area contributed by atoms with Gasteiger partial charge in [-0.1, -0.05) is 0 Å². The molecule has 0 saturated heterocycles. The molecule has 0 radical (unpaired) electrons. The number of benzene rings is 1. The molecule has 7 rings (SSSR count). The summed E-state index contributed by atoms with van der Waals surface area (Å²) in [6, 6.07) is 5.06. The third kappa shape index (κ3) is 3.62. The van der Waals surface area contributed by atoms with Gasteiger partial charge in [0.25, 0.3) is 0 Å². The Bertz CT molecular complexity index is 1160. The highest BCUT2D eigenvalue weighted by molar-refractivity contribution is 5.82. The first-order valence-corrected chi connectivity index (χ1v) is 11.7. The number of hydrogen-bond acceptors (Lipinski definition) is 5. The Balaban J connectivity index is 1.20. The molecule has 2 bridgehead atoms. The predicted molar refractivity (Wildman–Crippen MR) is 114 cm³/mol. The minimum Gasteiger partial charge on any atom is -0.273 e. The van der Waals surface area contributed by atoms with Crippen LogP contribution in [0.15, 0.2) is 23.3 Å². The molecule has 170 valence electrons. The van der Waals surface area contributed by atoms with Gasteiger partial charge in [-0.15, -0.1) is 0 Å². The number of carbonyl (C=O) groups is 1. The molecule has 4 fully saturated rings. The first-order chi connectivity index (χ1) is 16.0. The standard InChI is InChI=1S/C24H24F2N6O/c25-18-7-16(8-19(26)10-18)21-3-4-28-32(21)24(33)20-9-17(14-5-15(20)6-14)12-31-22(11-27)29-23(30-31)13-1-2-13/h4,7-8,10,13-15,17,20-21H,1-3,5-6,9,12H2/t14?,15?,17?,20-,21?/m0/s1. The average Bonchev–Trinajstić information content (AvgIpc) is 3.35. The van der Waals surface area contributed by atoms with Crippen LogP contribution in [-0.2, 0) is 11.3 Å². The Morgan fingerprint density at radius 2 is 1.88 bits per heavy atom. The van der Waals surface area contributed by atoms with Gasteiger partial charge in [0.05, 0.1) is 6.04 Å². The molecule has 5 aliphatic rings. The van der Waals surface area contributed by atoms with Gasteiger partial charge in [0.1, 0.15) is 17.7 Å². The van der Waals surface area contributed by atoms with Gasteiger partial charge in [-0.3, -0.25) is 4.79 Å². The van der Waals surface area contributed by atoms with Crippen LogP contribution in [0.4, 0.5) is 8.78 Å². The van der Waals surface area contributed by atoms with E-state index >= 15 is 0 Å². The molecule has 4 saturated carbocycles. The summed E-state index contributed by atoms with van der Waals surface area (Å²) in [6.45, 7) is 0.589. The number of hydrazone groups is 1. The van der Waals surface area contributed by atoms with E-state index < -0.39 is 17.7 Å². The number of nitrogens with zero attached hydrogens (tertiary/aromatic N) is 6. The highest BCUT2D eigenvalue weighted by Gasteiger charge is 2.50. The number of amides is 1. The number of fused-ring (bicyclic) bond motifs is 2. The lowest BCUT2D eigenvalue weighted by Crippen LogP contribution is -2.49. The van der Waals surface area contributed by atoms with Crippen molar-refractivity contribution in [3.8, 4) is 6.07 Å². The van der Waals surface area contributed by atoms with Crippen molar-refractivity contribution in [2.24, 2.45) is 28.8 Å². The van der Waals surface area contributed by atoms with E-state index in [-0.39, 0.29) is 17.7 Å². The summed E-state index contributed by atoms with van der Waals surface area (Å²) in [5.41, 5.74) is 0.422. The molecule has 1 aromatic heterocycles. The Labute approximate surface area is 190 Å². The lowest BCUT2D eigenvalue weighted by Gasteiger charge is -2.51. The summed E-state index contributed by atoms with van der Waals surface area (Å²) < 4.78 is 29.3. The minimum absolute atomic E-state index is 0.0793. The largest absolute Gasteiger partial charge is 0.273 e. The topological polar surface area (TPSA) is 87.2 Å². The SMILES string of the molecule is N#Cc1nc(C2CC2)nn1CC1C[C@H](C(=O)N2N=CCC2c2cc(F)cc(F)c2)C2CC1C2. The van der Waals surface area contributed by atoms with Crippen molar-refractivity contribution < 1.29 is 13.6 Å². The molecule has 9 heteroatoms. The Morgan fingerprint density at radius 1 is 1.12 bits per heavy atom. The van der Waals surface area contributed by atoms with E-state index in [0.717, 1.165) is 37.6 Å². The number of hydrogen-bond donors (Lipinski definition) is 0. The van der Waals surface area contributed by atoms with Gasteiger partial charge in [-0.2, -0.15) is 15.5 Å². The second kappa shape index (κ2) is 7.72. The van der Waals surface area contributed by atoms with E-state index in [0.29, 0.717) is 48.5 Å². The lowest BCUT2D eigenvalue weighted by atomic mass is 9.55. The van der Waals surface area contributed by atoms with Gasteiger partial charge in [0.2, 0.25) is 11.7 Å². The van der Waals surface area contributed by atoms with Gasteiger partial charge in [-0.25, -0.2) is 23.5 Å². The van der Waals surface area contributed by atoms with Crippen molar-refractivity contribution in [2.75, 3.05) is 0 Å². The monoisotopic (exact) mass is 450 g/mol. The van der Waals surface area contributed by atoms with Crippen LogP contribution in [0.25, 0.3) is 0 Å². The van der Waals surface area contributed by atoms with E-state index in [2.05, 4.69) is 21.3 Å². The van der Waals surface area contributed by atoms with Crippen molar-refractivity contribution >= 4 is 12.1 Å². The number of carbonyl (C=O) groups excluding carboxylic acids is 1. The van der Waals surface area contributed by atoms with Crippen LogP contribution in [0.2, 0.25) is 0 Å². The van der Waals surface area contributed by atoms with E-state index in [1.54, 1.807) is 10.9 Å². The normalized spacial score (nSPS) is 30.2. The van der Waals surface area contributed by atoms with Crippen LogP contribution in [0.1, 0.15) is 67.7 Å². The molecule has 2 unspecified atom stereocenters. The third-order valence-electron chi connectivity index (χ3n) is 7.78. The summed E-state index contributed by atoms with van der Waals surface area (Å²) in [6.07, 6.45) is 6.88. The van der Waals surface area contributed by atoms with E-state index in [1.165, 1.54) is 17.1 Å². The molecule has 2 aromatic rings. The maximum absolute atomic E-state index is 13.8. The predicted octanol–water partition coefficient (Wildman–Crippen LogP) is 3.93. The summed E-state index contributed by atoms with van der Waals surface area (Å²) in [4.78, 5) is 18.0. The molecule has 7 nitrogen and oxygen atoms in total. The van der Waals surface area contributed by atoms with Gasteiger partial charge in [-0.05, 0) is 67.6 Å². The van der Waals surface area contributed by atoms with Gasteiger partial charge in [0.15, 0.2) is 5.82 Å². The Morgan fingerprint density at radius 3 is 2.58 bits per heavy atom. The summed E-state index contributed by atoms with van der Waals surface area (Å²) >= 11 is 0. The molecule has 0 spiro atoms. The van der Waals surface area contributed by atoms with E-state index in [9.17, 15) is 18.8 Å². The molecular weight excluding hydrogens is 426 g/mol. The molecule has 33 heavy (non-hydrogen) atoms. The molecule has 1 aromatic carbocycles. The van der Waals surface area contributed by atoms with Crippen LogP contribution in [0.5, 0.6) is 0 Å². The molecule has 0 N–H and O–H groups in total. The van der Waals surface area contributed by atoms with Crippen molar-refractivity contribution in [1.82, 2.24) is 19.8 Å². The Kier molecular flexibility index (Phi) is 4.78. The number of aromatic nitrogens is 3.